The van der Waals surface area contributed by atoms with Crippen molar-refractivity contribution in [2.24, 2.45) is 0 Å². The Labute approximate surface area is 176 Å². The number of pyridine rings is 2. The zero-order valence-electron chi connectivity index (χ0n) is 16.7. The maximum Gasteiger partial charge on any atom is 0.241 e. The number of nitrogens with two attached hydrogens (primary N) is 1. The number of carbonyl (C=O) groups excluding carboxylic acids is 1. The van der Waals surface area contributed by atoms with Crippen LogP contribution in [-0.2, 0) is 16.4 Å². The summed E-state index contributed by atoms with van der Waals surface area (Å²) >= 11 is 0. The van der Waals surface area contributed by atoms with Gasteiger partial charge in [0.1, 0.15) is 5.82 Å². The van der Waals surface area contributed by atoms with Gasteiger partial charge in [-0.15, -0.1) is 0 Å². The standard InChI is InChI=1S/C22H24N4O3S/c1-2-26-30(28,29)21-9-4-3-7-18(21)17-14-19(22(23)25-15-17)20(27)8-5-6-16-10-12-24-13-11-16/h3-4,7,9-15,26H,2,5-6,8H2,1H3,(H2,23,25). The fraction of sp³-hybridized carbons (Fsp3) is 0.227. The molecule has 0 fully saturated rings. The lowest BCUT2D eigenvalue weighted by atomic mass is 10.00. The van der Waals surface area contributed by atoms with Crippen LogP contribution in [0.4, 0.5) is 5.82 Å². The minimum atomic E-state index is -3.68. The number of anilines is 1. The lowest BCUT2D eigenvalue weighted by Gasteiger charge is -2.12. The number of nitrogen functional groups attached to an aromatic ring is 1. The van der Waals surface area contributed by atoms with Crippen molar-refractivity contribution in [2.45, 2.75) is 31.1 Å². The average Bonchev–Trinajstić information content (AvgIpc) is 2.75. The lowest BCUT2D eigenvalue weighted by molar-refractivity contribution is 0.0981. The minimum absolute atomic E-state index is 0.122. The van der Waals surface area contributed by atoms with Crippen LogP contribution in [0.3, 0.4) is 0 Å². The normalized spacial score (nSPS) is 11.4. The third kappa shape index (κ3) is 5.08. The lowest BCUT2D eigenvalue weighted by Crippen LogP contribution is -2.23. The number of nitrogens with zero attached hydrogens (tertiary/aromatic N) is 2. The van der Waals surface area contributed by atoms with E-state index < -0.39 is 10.0 Å². The summed E-state index contributed by atoms with van der Waals surface area (Å²) in [5.74, 6) is 0.0163. The predicted molar refractivity (Wildman–Crippen MR) is 116 cm³/mol. The molecule has 3 N–H and O–H groups in total. The molecule has 0 atom stereocenters. The molecule has 0 spiro atoms. The molecule has 3 aromatic rings. The molecule has 0 amide bonds. The molecular weight excluding hydrogens is 400 g/mol. The van der Waals surface area contributed by atoms with Crippen LogP contribution in [0, 0.1) is 0 Å². The molecule has 2 aromatic heterocycles. The highest BCUT2D eigenvalue weighted by Crippen LogP contribution is 2.29. The van der Waals surface area contributed by atoms with E-state index in [2.05, 4.69) is 14.7 Å². The Morgan fingerprint density at radius 1 is 1.13 bits per heavy atom. The van der Waals surface area contributed by atoms with E-state index in [4.69, 9.17) is 5.73 Å². The van der Waals surface area contributed by atoms with E-state index in [1.54, 1.807) is 43.6 Å². The summed E-state index contributed by atoms with van der Waals surface area (Å²) in [7, 11) is -3.68. The van der Waals surface area contributed by atoms with Gasteiger partial charge in [-0.1, -0.05) is 25.1 Å². The molecule has 0 aliphatic carbocycles. The highest BCUT2D eigenvalue weighted by Gasteiger charge is 2.20. The molecule has 0 aliphatic heterocycles. The van der Waals surface area contributed by atoms with Gasteiger partial charge in [0.15, 0.2) is 5.78 Å². The van der Waals surface area contributed by atoms with Gasteiger partial charge in [-0.05, 0) is 42.7 Å². The summed E-state index contributed by atoms with van der Waals surface area (Å²) in [5, 5.41) is 0. The largest absolute Gasteiger partial charge is 0.383 e. The number of ketones is 1. The van der Waals surface area contributed by atoms with Crippen molar-refractivity contribution >= 4 is 21.6 Å². The van der Waals surface area contributed by atoms with Gasteiger partial charge in [0.05, 0.1) is 10.5 Å². The predicted octanol–water partition coefficient (Wildman–Crippen LogP) is 3.23. The SMILES string of the molecule is CCNS(=O)(=O)c1ccccc1-c1cnc(N)c(C(=O)CCCc2ccncc2)c1. The number of rotatable bonds is 9. The van der Waals surface area contributed by atoms with Crippen molar-refractivity contribution in [3.8, 4) is 11.1 Å². The quantitative estimate of drug-likeness (QED) is 0.510. The zero-order valence-corrected chi connectivity index (χ0v) is 17.5. The van der Waals surface area contributed by atoms with Crippen molar-refractivity contribution in [3.63, 3.8) is 0 Å². The Balaban J connectivity index is 1.85. The molecule has 0 saturated heterocycles. The van der Waals surface area contributed by atoms with Gasteiger partial charge < -0.3 is 5.73 Å². The fourth-order valence-electron chi connectivity index (χ4n) is 3.19. The van der Waals surface area contributed by atoms with Crippen LogP contribution in [0.1, 0.15) is 35.7 Å². The summed E-state index contributed by atoms with van der Waals surface area (Å²) in [4.78, 5) is 21.0. The van der Waals surface area contributed by atoms with Crippen molar-refractivity contribution in [3.05, 3.63) is 72.2 Å². The Kier molecular flexibility index (Phi) is 6.91. The number of hydrogen-bond donors (Lipinski definition) is 2. The van der Waals surface area contributed by atoms with Crippen LogP contribution < -0.4 is 10.5 Å². The topological polar surface area (TPSA) is 115 Å². The summed E-state index contributed by atoms with van der Waals surface area (Å²) in [6.07, 6.45) is 6.67. The van der Waals surface area contributed by atoms with Gasteiger partial charge in [-0.3, -0.25) is 9.78 Å². The molecule has 2 heterocycles. The second-order valence-corrected chi connectivity index (χ2v) is 8.52. The van der Waals surface area contributed by atoms with Crippen LogP contribution >= 0.6 is 0 Å². The number of carbonyl (C=O) groups is 1. The maximum atomic E-state index is 12.8. The van der Waals surface area contributed by atoms with Crippen LogP contribution in [0.5, 0.6) is 0 Å². The van der Waals surface area contributed by atoms with E-state index in [1.165, 1.54) is 12.3 Å². The van der Waals surface area contributed by atoms with Crippen molar-refractivity contribution in [2.75, 3.05) is 12.3 Å². The smallest absolute Gasteiger partial charge is 0.241 e. The van der Waals surface area contributed by atoms with Gasteiger partial charge in [0.2, 0.25) is 10.0 Å². The summed E-state index contributed by atoms with van der Waals surface area (Å²) < 4.78 is 27.6. The number of aromatic nitrogens is 2. The van der Waals surface area contributed by atoms with Gasteiger partial charge >= 0.3 is 0 Å². The first-order valence-electron chi connectivity index (χ1n) is 9.69. The molecule has 0 aliphatic rings. The minimum Gasteiger partial charge on any atom is -0.383 e. The third-order valence-corrected chi connectivity index (χ3v) is 6.26. The Bertz CT molecular complexity index is 1130. The van der Waals surface area contributed by atoms with E-state index in [9.17, 15) is 13.2 Å². The molecule has 8 heteroatoms. The van der Waals surface area contributed by atoms with Crippen LogP contribution in [0.2, 0.25) is 0 Å². The molecule has 0 bridgehead atoms. The monoisotopic (exact) mass is 424 g/mol. The van der Waals surface area contributed by atoms with E-state index in [0.717, 1.165) is 12.0 Å². The Morgan fingerprint density at radius 2 is 1.87 bits per heavy atom. The van der Waals surface area contributed by atoms with Gasteiger partial charge in [0.25, 0.3) is 0 Å². The van der Waals surface area contributed by atoms with Gasteiger partial charge in [0, 0.05) is 42.7 Å². The molecule has 3 rings (SSSR count). The van der Waals surface area contributed by atoms with Crippen molar-refractivity contribution in [1.29, 1.82) is 0 Å². The molecule has 30 heavy (non-hydrogen) atoms. The fourth-order valence-corrected chi connectivity index (χ4v) is 4.46. The van der Waals surface area contributed by atoms with Crippen LogP contribution in [0.25, 0.3) is 11.1 Å². The summed E-state index contributed by atoms with van der Waals surface area (Å²) in [6.45, 7) is 1.99. The van der Waals surface area contributed by atoms with Gasteiger partial charge in [-0.2, -0.15) is 0 Å². The molecule has 7 nitrogen and oxygen atoms in total. The van der Waals surface area contributed by atoms with Crippen molar-refractivity contribution in [1.82, 2.24) is 14.7 Å². The highest BCUT2D eigenvalue weighted by atomic mass is 32.2. The Morgan fingerprint density at radius 3 is 2.60 bits per heavy atom. The number of nitrogens with one attached hydrogen (secondary N) is 1. The second kappa shape index (κ2) is 9.60. The first-order valence-corrected chi connectivity index (χ1v) is 11.2. The summed E-state index contributed by atoms with van der Waals surface area (Å²) in [6, 6.07) is 12.1. The third-order valence-electron chi connectivity index (χ3n) is 4.66. The van der Waals surface area contributed by atoms with Crippen LogP contribution in [-0.4, -0.2) is 30.7 Å². The first-order chi connectivity index (χ1) is 14.4. The van der Waals surface area contributed by atoms with E-state index in [0.29, 0.717) is 29.5 Å². The molecule has 0 unspecified atom stereocenters. The molecular formula is C22H24N4O3S. The number of benzene rings is 1. The summed E-state index contributed by atoms with van der Waals surface area (Å²) in [5.41, 5.74) is 8.36. The van der Waals surface area contributed by atoms with E-state index >= 15 is 0 Å². The number of sulfonamides is 1. The number of hydrogen-bond acceptors (Lipinski definition) is 6. The molecule has 0 radical (unpaired) electrons. The second-order valence-electron chi connectivity index (χ2n) is 6.79. The average molecular weight is 425 g/mol. The maximum absolute atomic E-state index is 12.8. The van der Waals surface area contributed by atoms with Crippen molar-refractivity contribution < 1.29 is 13.2 Å². The zero-order chi connectivity index (χ0) is 21.6. The molecule has 156 valence electrons. The van der Waals surface area contributed by atoms with E-state index in [1.807, 2.05) is 12.1 Å². The van der Waals surface area contributed by atoms with E-state index in [-0.39, 0.29) is 23.0 Å². The first kappa shape index (κ1) is 21.6. The molecule has 0 saturated carbocycles. The Hall–Kier alpha value is -3.10. The molecule has 1 aromatic carbocycles. The number of Topliss-reactive ketones (excluding diaryl/α,β-unsaturated/α-hetero) is 1. The highest BCUT2D eigenvalue weighted by molar-refractivity contribution is 7.89. The van der Waals surface area contributed by atoms with Crippen LogP contribution in [0.15, 0.2) is 66.0 Å². The van der Waals surface area contributed by atoms with Gasteiger partial charge in [-0.25, -0.2) is 18.1 Å². The number of aryl methyl sites for hydroxylation is 1.